The quantitative estimate of drug-likeness (QED) is 0.708. The van der Waals surface area contributed by atoms with Gasteiger partial charge < -0.3 is 10.2 Å². The number of fused-ring (bicyclic) bond motifs is 1. The minimum absolute atomic E-state index is 0.225. The molecule has 4 amide bonds. The second kappa shape index (κ2) is 8.77. The summed E-state index contributed by atoms with van der Waals surface area (Å²) in [7, 11) is 0. The number of carbonyl (C=O) groups excluding carboxylic acids is 4. The maximum absolute atomic E-state index is 14.0. The number of nitrogens with one attached hydrogen (secondary N) is 1. The van der Waals surface area contributed by atoms with E-state index in [2.05, 4.69) is 5.32 Å². The number of nitrogens with zero attached hydrogens (tertiary/aromatic N) is 2. The van der Waals surface area contributed by atoms with Crippen molar-refractivity contribution in [3.63, 3.8) is 0 Å². The van der Waals surface area contributed by atoms with E-state index in [-0.39, 0.29) is 29.1 Å². The molecule has 0 bridgehead atoms. The molecule has 172 valence electrons. The van der Waals surface area contributed by atoms with Crippen molar-refractivity contribution >= 4 is 23.6 Å². The lowest BCUT2D eigenvalue weighted by molar-refractivity contribution is -0.139. The molecule has 1 saturated heterocycles. The van der Waals surface area contributed by atoms with Gasteiger partial charge in [-0.25, -0.2) is 4.39 Å². The van der Waals surface area contributed by atoms with Gasteiger partial charge in [-0.05, 0) is 56.5 Å². The topological polar surface area (TPSA) is 86.8 Å². The van der Waals surface area contributed by atoms with E-state index in [1.165, 1.54) is 26.0 Å². The van der Waals surface area contributed by atoms with Crippen LogP contribution in [0.3, 0.4) is 0 Å². The molecule has 4 rings (SSSR count). The van der Waals surface area contributed by atoms with E-state index in [0.717, 1.165) is 4.90 Å². The maximum Gasteiger partial charge on any atom is 0.262 e. The fourth-order valence-corrected chi connectivity index (χ4v) is 4.99. The number of amides is 4. The van der Waals surface area contributed by atoms with E-state index in [4.69, 9.17) is 0 Å². The minimum atomic E-state index is -1.06. The molecule has 0 aliphatic carbocycles. The third-order valence-electron chi connectivity index (χ3n) is 6.50. The average Bonchev–Trinajstić information content (AvgIpc) is 3.33. The summed E-state index contributed by atoms with van der Waals surface area (Å²) in [4.78, 5) is 54.0. The Bertz CT molecular complexity index is 1100. The van der Waals surface area contributed by atoms with Gasteiger partial charge in [0, 0.05) is 13.0 Å². The van der Waals surface area contributed by atoms with Gasteiger partial charge in [0.2, 0.25) is 11.8 Å². The second-order valence-electron chi connectivity index (χ2n) is 8.65. The van der Waals surface area contributed by atoms with Crippen LogP contribution < -0.4 is 5.32 Å². The van der Waals surface area contributed by atoms with Gasteiger partial charge in [0.15, 0.2) is 0 Å². The lowest BCUT2D eigenvalue weighted by Crippen LogP contribution is -2.55. The summed E-state index contributed by atoms with van der Waals surface area (Å²) in [5.74, 6) is -2.07. The number of likely N-dealkylation sites (tertiary alicyclic amines) is 1. The molecule has 8 heteroatoms. The number of carbonyl (C=O) groups is 4. The molecular formula is C25H26FN3O4. The first-order valence-electron chi connectivity index (χ1n) is 11.0. The molecule has 2 heterocycles. The first-order chi connectivity index (χ1) is 15.7. The Labute approximate surface area is 191 Å². The molecule has 2 aliphatic rings. The number of rotatable bonds is 5. The van der Waals surface area contributed by atoms with Crippen LogP contribution >= 0.6 is 0 Å². The van der Waals surface area contributed by atoms with E-state index in [1.807, 2.05) is 6.92 Å². The Kier molecular flexibility index (Phi) is 6.01. The van der Waals surface area contributed by atoms with Gasteiger partial charge in [-0.1, -0.05) is 24.3 Å². The summed E-state index contributed by atoms with van der Waals surface area (Å²) in [6.45, 7) is 4.75. The molecule has 2 unspecified atom stereocenters. The number of hydrogen-bond donors (Lipinski definition) is 1. The van der Waals surface area contributed by atoms with Crippen LogP contribution in [-0.4, -0.2) is 51.6 Å². The first kappa shape index (κ1) is 22.6. The molecule has 2 aromatic carbocycles. The van der Waals surface area contributed by atoms with Gasteiger partial charge in [-0.2, -0.15) is 0 Å². The molecule has 0 spiro atoms. The van der Waals surface area contributed by atoms with E-state index < -0.39 is 35.6 Å². The highest BCUT2D eigenvalue weighted by molar-refractivity contribution is 6.22. The summed E-state index contributed by atoms with van der Waals surface area (Å²) >= 11 is 0. The predicted octanol–water partition coefficient (Wildman–Crippen LogP) is 3.07. The molecule has 2 aromatic rings. The number of imide groups is 1. The second-order valence-corrected chi connectivity index (χ2v) is 8.65. The molecule has 4 atom stereocenters. The van der Waals surface area contributed by atoms with Crippen molar-refractivity contribution in [2.45, 2.75) is 57.8 Å². The van der Waals surface area contributed by atoms with Crippen LogP contribution in [0, 0.1) is 5.82 Å². The van der Waals surface area contributed by atoms with Gasteiger partial charge >= 0.3 is 0 Å². The van der Waals surface area contributed by atoms with Crippen molar-refractivity contribution in [2.75, 3.05) is 0 Å². The normalized spacial score (nSPS) is 21.7. The van der Waals surface area contributed by atoms with Gasteiger partial charge in [0.25, 0.3) is 11.8 Å². The van der Waals surface area contributed by atoms with Crippen molar-refractivity contribution in [2.24, 2.45) is 0 Å². The molecule has 1 N–H and O–H groups in total. The highest BCUT2D eigenvalue weighted by Crippen LogP contribution is 2.39. The number of halogens is 1. The highest BCUT2D eigenvalue weighted by Gasteiger charge is 2.47. The molecular weight excluding hydrogens is 425 g/mol. The molecule has 33 heavy (non-hydrogen) atoms. The number of hydrogen-bond acceptors (Lipinski definition) is 4. The van der Waals surface area contributed by atoms with Crippen LogP contribution in [0.25, 0.3) is 0 Å². The molecule has 0 saturated carbocycles. The van der Waals surface area contributed by atoms with Crippen LogP contribution in [0.15, 0.2) is 48.5 Å². The molecule has 0 aromatic heterocycles. The standard InChI is InChI=1S/C25H26FN3O4/c1-14(27-16(3)30)21-11-12-22(17-7-6-8-18(26)13-17)29(21)23(31)15(2)28-24(32)19-9-4-5-10-20(19)25(28)33/h4-10,13-15,21-22H,11-12H2,1-3H3,(H,27,30)/t14?,15?,21-,22+/m1/s1. The average molecular weight is 451 g/mol. The van der Waals surface area contributed by atoms with Gasteiger partial charge in [-0.15, -0.1) is 0 Å². The Morgan fingerprint density at radius 2 is 1.64 bits per heavy atom. The lowest BCUT2D eigenvalue weighted by atomic mass is 10.0. The molecule has 0 radical (unpaired) electrons. The summed E-state index contributed by atoms with van der Waals surface area (Å²) < 4.78 is 14.0. The highest BCUT2D eigenvalue weighted by atomic mass is 19.1. The van der Waals surface area contributed by atoms with Gasteiger partial charge in [0.1, 0.15) is 11.9 Å². The zero-order valence-corrected chi connectivity index (χ0v) is 18.7. The molecule has 1 fully saturated rings. The number of benzene rings is 2. The zero-order valence-electron chi connectivity index (χ0n) is 18.7. The van der Waals surface area contributed by atoms with E-state index in [0.29, 0.717) is 18.4 Å². The van der Waals surface area contributed by atoms with Crippen LogP contribution in [0.5, 0.6) is 0 Å². The maximum atomic E-state index is 14.0. The molecule has 7 nitrogen and oxygen atoms in total. The lowest BCUT2D eigenvalue weighted by Gasteiger charge is -2.37. The Morgan fingerprint density at radius 1 is 1.00 bits per heavy atom. The summed E-state index contributed by atoms with van der Waals surface area (Å²) in [5, 5.41) is 2.84. The van der Waals surface area contributed by atoms with Crippen molar-refractivity contribution < 1.29 is 23.6 Å². The SMILES string of the molecule is CC(=O)NC(C)[C@H]1CC[C@@H](c2cccc(F)c2)N1C(=O)C(C)N1C(=O)c2ccccc2C1=O. The van der Waals surface area contributed by atoms with Crippen molar-refractivity contribution in [1.82, 2.24) is 15.1 Å². The van der Waals surface area contributed by atoms with Gasteiger partial charge in [-0.3, -0.25) is 24.1 Å². The van der Waals surface area contributed by atoms with E-state index in [1.54, 1.807) is 41.3 Å². The van der Waals surface area contributed by atoms with Crippen LogP contribution in [0.4, 0.5) is 4.39 Å². The van der Waals surface area contributed by atoms with Crippen LogP contribution in [0.1, 0.15) is 65.9 Å². The molecule has 2 aliphatic heterocycles. The van der Waals surface area contributed by atoms with E-state index in [9.17, 15) is 23.6 Å². The third-order valence-corrected chi connectivity index (χ3v) is 6.50. The Hall–Kier alpha value is -3.55. The Morgan fingerprint density at radius 3 is 2.21 bits per heavy atom. The van der Waals surface area contributed by atoms with Gasteiger partial charge in [0.05, 0.1) is 23.2 Å². The largest absolute Gasteiger partial charge is 0.352 e. The summed E-state index contributed by atoms with van der Waals surface area (Å²) in [6.07, 6.45) is 1.15. The monoisotopic (exact) mass is 451 g/mol. The summed E-state index contributed by atoms with van der Waals surface area (Å²) in [5.41, 5.74) is 1.18. The van der Waals surface area contributed by atoms with Crippen LogP contribution in [-0.2, 0) is 9.59 Å². The predicted molar refractivity (Wildman–Crippen MR) is 119 cm³/mol. The van der Waals surface area contributed by atoms with Crippen molar-refractivity contribution in [3.8, 4) is 0 Å². The Balaban J connectivity index is 1.68. The third kappa shape index (κ3) is 4.01. The fraction of sp³-hybridized carbons (Fsp3) is 0.360. The van der Waals surface area contributed by atoms with Crippen molar-refractivity contribution in [3.05, 3.63) is 71.0 Å². The smallest absolute Gasteiger partial charge is 0.262 e. The minimum Gasteiger partial charge on any atom is -0.352 e. The summed E-state index contributed by atoms with van der Waals surface area (Å²) in [6, 6.07) is 10.3. The van der Waals surface area contributed by atoms with Crippen LogP contribution in [0.2, 0.25) is 0 Å². The van der Waals surface area contributed by atoms with E-state index >= 15 is 0 Å². The fourth-order valence-electron chi connectivity index (χ4n) is 4.99. The first-order valence-corrected chi connectivity index (χ1v) is 11.0. The zero-order chi connectivity index (χ0) is 23.9. The van der Waals surface area contributed by atoms with Crippen molar-refractivity contribution in [1.29, 1.82) is 0 Å².